The average Bonchev–Trinajstić information content (AvgIpc) is 2.80. The fraction of sp³-hybridized carbons (Fsp3) is 0.435. The van der Waals surface area contributed by atoms with Crippen LogP contribution in [0, 0.1) is 0 Å². The van der Waals surface area contributed by atoms with Gasteiger partial charge < -0.3 is 20.7 Å². The van der Waals surface area contributed by atoms with E-state index in [4.69, 9.17) is 10.5 Å². The summed E-state index contributed by atoms with van der Waals surface area (Å²) in [6.45, 7) is 2.38. The molecule has 2 heterocycles. The van der Waals surface area contributed by atoms with Gasteiger partial charge >= 0.3 is 0 Å². The van der Waals surface area contributed by atoms with Crippen molar-refractivity contribution in [2.45, 2.75) is 38.1 Å². The Bertz CT molecular complexity index is 901. The van der Waals surface area contributed by atoms with Crippen LogP contribution in [0.4, 0.5) is 5.82 Å². The number of nitrogen functional groups attached to an aromatic ring is 1. The highest BCUT2D eigenvalue weighted by molar-refractivity contribution is 5.99. The molecule has 1 aromatic heterocycles. The molecule has 0 radical (unpaired) electrons. The van der Waals surface area contributed by atoms with Crippen molar-refractivity contribution in [1.29, 1.82) is 0 Å². The first-order valence-corrected chi connectivity index (χ1v) is 10.7. The second-order valence-electron chi connectivity index (χ2n) is 7.95. The summed E-state index contributed by atoms with van der Waals surface area (Å²) in [4.78, 5) is 31.4. The molecule has 7 heteroatoms. The molecule has 2 amide bonds. The number of carbonyl (C=O) groups is 2. The van der Waals surface area contributed by atoms with Gasteiger partial charge in [0.05, 0.1) is 18.8 Å². The third kappa shape index (κ3) is 4.62. The van der Waals surface area contributed by atoms with Crippen LogP contribution in [0.25, 0.3) is 11.1 Å². The number of amides is 2. The van der Waals surface area contributed by atoms with Crippen LogP contribution in [0.3, 0.4) is 0 Å². The number of nitrogens with zero attached hydrogens (tertiary/aromatic N) is 2. The third-order valence-corrected chi connectivity index (χ3v) is 5.87. The molecule has 2 fully saturated rings. The minimum absolute atomic E-state index is 0.00725. The molecule has 0 unspecified atom stereocenters. The molecule has 2 aliphatic rings. The van der Waals surface area contributed by atoms with Crippen molar-refractivity contribution in [1.82, 2.24) is 15.2 Å². The molecule has 1 aliphatic heterocycles. The van der Waals surface area contributed by atoms with E-state index in [0.717, 1.165) is 36.8 Å². The van der Waals surface area contributed by atoms with Gasteiger partial charge in [-0.3, -0.25) is 9.59 Å². The van der Waals surface area contributed by atoms with E-state index < -0.39 is 0 Å². The smallest absolute Gasteiger partial charge is 0.255 e. The van der Waals surface area contributed by atoms with Crippen molar-refractivity contribution < 1.29 is 14.3 Å². The Labute approximate surface area is 176 Å². The number of benzene rings is 1. The van der Waals surface area contributed by atoms with Gasteiger partial charge in [-0.15, -0.1) is 0 Å². The number of morpholine rings is 1. The van der Waals surface area contributed by atoms with E-state index >= 15 is 0 Å². The average molecular weight is 409 g/mol. The standard InChI is InChI=1S/C23H28N4O3/c24-21-20(22(28)26-19-4-2-1-3-5-19)14-18(15-25-21)16-6-8-17(9-7-16)23(29)27-10-12-30-13-11-27/h6-9,14-15,19H,1-5,10-13H2,(H2,24,25)(H,26,28). The highest BCUT2D eigenvalue weighted by Crippen LogP contribution is 2.24. The van der Waals surface area contributed by atoms with Gasteiger partial charge in [-0.05, 0) is 36.6 Å². The number of ether oxygens (including phenoxy) is 1. The van der Waals surface area contributed by atoms with E-state index in [-0.39, 0.29) is 23.7 Å². The Balaban J connectivity index is 1.49. The fourth-order valence-electron chi connectivity index (χ4n) is 4.08. The van der Waals surface area contributed by atoms with Gasteiger partial charge in [-0.2, -0.15) is 0 Å². The summed E-state index contributed by atoms with van der Waals surface area (Å²) in [5, 5.41) is 3.10. The van der Waals surface area contributed by atoms with Gasteiger partial charge in [-0.25, -0.2) is 4.98 Å². The van der Waals surface area contributed by atoms with Crippen molar-refractivity contribution in [3.8, 4) is 11.1 Å². The number of carbonyl (C=O) groups excluding carboxylic acids is 2. The molecule has 3 N–H and O–H groups in total. The summed E-state index contributed by atoms with van der Waals surface area (Å²) in [5.41, 5.74) is 8.70. The minimum atomic E-state index is -0.173. The normalized spacial score (nSPS) is 17.5. The highest BCUT2D eigenvalue weighted by Gasteiger charge is 2.20. The van der Waals surface area contributed by atoms with Crippen LogP contribution in [0.1, 0.15) is 52.8 Å². The van der Waals surface area contributed by atoms with Gasteiger partial charge in [0.15, 0.2) is 0 Å². The molecule has 158 valence electrons. The van der Waals surface area contributed by atoms with Gasteiger partial charge in [0.1, 0.15) is 5.82 Å². The van der Waals surface area contributed by atoms with E-state index in [1.165, 1.54) is 6.42 Å². The lowest BCUT2D eigenvalue weighted by molar-refractivity contribution is 0.0303. The van der Waals surface area contributed by atoms with Gasteiger partial charge in [0, 0.05) is 36.5 Å². The lowest BCUT2D eigenvalue weighted by Crippen LogP contribution is -2.40. The van der Waals surface area contributed by atoms with Crippen LogP contribution in [0.5, 0.6) is 0 Å². The third-order valence-electron chi connectivity index (χ3n) is 5.87. The zero-order valence-corrected chi connectivity index (χ0v) is 17.1. The Hall–Kier alpha value is -2.93. The summed E-state index contributed by atoms with van der Waals surface area (Å²) in [7, 11) is 0. The van der Waals surface area contributed by atoms with Gasteiger partial charge in [0.25, 0.3) is 11.8 Å². The van der Waals surface area contributed by atoms with Crippen LogP contribution >= 0.6 is 0 Å². The quantitative estimate of drug-likeness (QED) is 0.811. The van der Waals surface area contributed by atoms with Crippen LogP contribution in [0.2, 0.25) is 0 Å². The summed E-state index contributed by atoms with van der Waals surface area (Å²) >= 11 is 0. The Morgan fingerprint density at radius 3 is 2.43 bits per heavy atom. The molecule has 1 saturated carbocycles. The summed E-state index contributed by atoms with van der Waals surface area (Å²) in [6.07, 6.45) is 7.21. The van der Waals surface area contributed by atoms with Crippen molar-refractivity contribution in [2.24, 2.45) is 0 Å². The minimum Gasteiger partial charge on any atom is -0.383 e. The molecule has 7 nitrogen and oxygen atoms in total. The molecule has 0 bridgehead atoms. The first-order valence-electron chi connectivity index (χ1n) is 10.7. The molecule has 1 saturated heterocycles. The Kier molecular flexibility index (Phi) is 6.28. The molecule has 30 heavy (non-hydrogen) atoms. The van der Waals surface area contributed by atoms with E-state index in [0.29, 0.717) is 37.4 Å². The number of nitrogens with two attached hydrogens (primary N) is 1. The zero-order chi connectivity index (χ0) is 20.9. The number of anilines is 1. The van der Waals surface area contributed by atoms with Crippen LogP contribution in [-0.4, -0.2) is 54.0 Å². The van der Waals surface area contributed by atoms with E-state index in [1.807, 2.05) is 24.3 Å². The summed E-state index contributed by atoms with van der Waals surface area (Å²) < 4.78 is 5.31. The number of rotatable bonds is 4. The maximum absolute atomic E-state index is 12.7. The number of nitrogens with one attached hydrogen (secondary N) is 1. The van der Waals surface area contributed by atoms with Gasteiger partial charge in [-0.1, -0.05) is 31.4 Å². The second kappa shape index (κ2) is 9.26. The molecule has 2 aromatic rings. The lowest BCUT2D eigenvalue weighted by Gasteiger charge is -2.26. The van der Waals surface area contributed by atoms with Gasteiger partial charge in [0.2, 0.25) is 0 Å². The largest absolute Gasteiger partial charge is 0.383 e. The van der Waals surface area contributed by atoms with Crippen LogP contribution < -0.4 is 11.1 Å². The highest BCUT2D eigenvalue weighted by atomic mass is 16.5. The zero-order valence-electron chi connectivity index (χ0n) is 17.1. The molecule has 4 rings (SSSR count). The molecule has 1 aromatic carbocycles. The Morgan fingerprint density at radius 2 is 1.73 bits per heavy atom. The summed E-state index contributed by atoms with van der Waals surface area (Å²) in [6, 6.07) is 9.36. The van der Waals surface area contributed by atoms with E-state index in [2.05, 4.69) is 10.3 Å². The maximum atomic E-state index is 12.7. The summed E-state index contributed by atoms with van der Waals surface area (Å²) in [5.74, 6) is 0.0619. The second-order valence-corrected chi connectivity index (χ2v) is 7.95. The number of pyridine rings is 1. The molecule has 0 atom stereocenters. The van der Waals surface area contributed by atoms with E-state index in [1.54, 1.807) is 17.2 Å². The predicted octanol–water partition coefficient (Wildman–Crippen LogP) is 2.87. The first kappa shape index (κ1) is 20.3. The Morgan fingerprint density at radius 1 is 1.03 bits per heavy atom. The topological polar surface area (TPSA) is 97.6 Å². The van der Waals surface area contributed by atoms with Crippen molar-refractivity contribution in [3.63, 3.8) is 0 Å². The van der Waals surface area contributed by atoms with Crippen molar-refractivity contribution in [2.75, 3.05) is 32.0 Å². The van der Waals surface area contributed by atoms with Crippen LogP contribution in [0.15, 0.2) is 36.5 Å². The molecular formula is C23H28N4O3. The molecular weight excluding hydrogens is 380 g/mol. The van der Waals surface area contributed by atoms with Crippen LogP contribution in [-0.2, 0) is 4.74 Å². The fourth-order valence-corrected chi connectivity index (χ4v) is 4.08. The number of hydrogen-bond donors (Lipinski definition) is 2. The number of hydrogen-bond acceptors (Lipinski definition) is 5. The lowest BCUT2D eigenvalue weighted by atomic mass is 9.95. The van der Waals surface area contributed by atoms with Crippen molar-refractivity contribution >= 4 is 17.6 Å². The first-order chi connectivity index (χ1) is 14.6. The molecule has 1 aliphatic carbocycles. The van der Waals surface area contributed by atoms with Crippen molar-refractivity contribution in [3.05, 3.63) is 47.7 Å². The predicted molar refractivity (Wildman–Crippen MR) is 115 cm³/mol. The monoisotopic (exact) mass is 408 g/mol. The molecule has 0 spiro atoms. The SMILES string of the molecule is Nc1ncc(-c2ccc(C(=O)N3CCOCC3)cc2)cc1C(=O)NC1CCCCC1. The van der Waals surface area contributed by atoms with E-state index in [9.17, 15) is 9.59 Å². The number of aromatic nitrogens is 1. The maximum Gasteiger partial charge on any atom is 0.255 e.